The number of rotatable bonds is 3. The van der Waals surface area contributed by atoms with Crippen molar-refractivity contribution in [3.63, 3.8) is 0 Å². The van der Waals surface area contributed by atoms with Crippen LogP contribution in [0, 0.1) is 18.8 Å². The molecule has 1 atom stereocenters. The summed E-state index contributed by atoms with van der Waals surface area (Å²) in [7, 11) is 0. The number of aliphatic hydroxyl groups is 1. The SMILES string of the molecule is Cc1cc(N2CCCC(C(C)C)CC2)c(CO)cn1. The zero-order valence-corrected chi connectivity index (χ0v) is 12.4. The van der Waals surface area contributed by atoms with Gasteiger partial charge in [-0.1, -0.05) is 13.8 Å². The van der Waals surface area contributed by atoms with Gasteiger partial charge in [-0.3, -0.25) is 4.98 Å². The second-order valence-corrected chi connectivity index (χ2v) is 6.03. The Morgan fingerprint density at radius 3 is 2.84 bits per heavy atom. The van der Waals surface area contributed by atoms with E-state index in [2.05, 4.69) is 29.8 Å². The standard InChI is InChI=1S/C16H26N2O/c1-12(2)14-5-4-7-18(8-6-14)16-9-13(3)17-10-15(16)11-19/h9-10,12,14,19H,4-8,11H2,1-3H3. The van der Waals surface area contributed by atoms with E-state index in [1.54, 1.807) is 0 Å². The van der Waals surface area contributed by atoms with Crippen LogP contribution in [0.15, 0.2) is 12.3 Å². The number of aryl methyl sites for hydroxylation is 1. The second-order valence-electron chi connectivity index (χ2n) is 6.03. The van der Waals surface area contributed by atoms with Gasteiger partial charge in [0, 0.05) is 36.2 Å². The largest absolute Gasteiger partial charge is 0.392 e. The summed E-state index contributed by atoms with van der Waals surface area (Å²) in [5, 5.41) is 9.48. The summed E-state index contributed by atoms with van der Waals surface area (Å²) in [6.07, 6.45) is 5.64. The fraction of sp³-hybridized carbons (Fsp3) is 0.688. The maximum absolute atomic E-state index is 9.48. The highest BCUT2D eigenvalue weighted by molar-refractivity contribution is 5.53. The second kappa shape index (κ2) is 6.38. The Labute approximate surface area is 116 Å². The van der Waals surface area contributed by atoms with Crippen molar-refractivity contribution in [3.05, 3.63) is 23.5 Å². The number of hydrogen-bond donors (Lipinski definition) is 1. The van der Waals surface area contributed by atoms with Gasteiger partial charge in [0.05, 0.1) is 6.61 Å². The molecule has 1 saturated heterocycles. The lowest BCUT2D eigenvalue weighted by atomic mass is 9.89. The van der Waals surface area contributed by atoms with Crippen molar-refractivity contribution >= 4 is 5.69 Å². The molecule has 1 fully saturated rings. The highest BCUT2D eigenvalue weighted by Crippen LogP contribution is 2.29. The molecule has 0 aromatic carbocycles. The molecular weight excluding hydrogens is 236 g/mol. The van der Waals surface area contributed by atoms with E-state index in [1.807, 2.05) is 13.1 Å². The van der Waals surface area contributed by atoms with Crippen LogP contribution in [0.4, 0.5) is 5.69 Å². The van der Waals surface area contributed by atoms with Gasteiger partial charge in [0.2, 0.25) is 0 Å². The van der Waals surface area contributed by atoms with E-state index < -0.39 is 0 Å². The molecule has 2 rings (SSSR count). The van der Waals surface area contributed by atoms with Gasteiger partial charge in [0.15, 0.2) is 0 Å². The van der Waals surface area contributed by atoms with Gasteiger partial charge in [0.25, 0.3) is 0 Å². The first-order valence-electron chi connectivity index (χ1n) is 7.43. The predicted octanol–water partition coefficient (Wildman–Crippen LogP) is 3.14. The normalized spacial score (nSPS) is 20.7. The third-order valence-electron chi connectivity index (χ3n) is 4.33. The Morgan fingerprint density at radius 2 is 2.16 bits per heavy atom. The number of anilines is 1. The summed E-state index contributed by atoms with van der Waals surface area (Å²) in [6.45, 7) is 8.94. The van der Waals surface area contributed by atoms with Crippen LogP contribution in [0.2, 0.25) is 0 Å². The minimum Gasteiger partial charge on any atom is -0.392 e. The zero-order chi connectivity index (χ0) is 13.8. The summed E-state index contributed by atoms with van der Waals surface area (Å²) in [4.78, 5) is 6.72. The summed E-state index contributed by atoms with van der Waals surface area (Å²) in [5.41, 5.74) is 3.16. The van der Waals surface area contributed by atoms with Crippen LogP contribution in [0.1, 0.15) is 44.4 Å². The van der Waals surface area contributed by atoms with Crippen molar-refractivity contribution < 1.29 is 5.11 Å². The lowest BCUT2D eigenvalue weighted by Crippen LogP contribution is -2.26. The minimum absolute atomic E-state index is 0.0761. The molecule has 0 spiro atoms. The Bertz CT molecular complexity index is 417. The summed E-state index contributed by atoms with van der Waals surface area (Å²) in [5.74, 6) is 1.61. The molecule has 0 saturated carbocycles. The molecule has 1 unspecified atom stereocenters. The molecule has 0 amide bonds. The Balaban J connectivity index is 2.16. The van der Waals surface area contributed by atoms with Gasteiger partial charge in [-0.05, 0) is 44.1 Å². The van der Waals surface area contributed by atoms with Gasteiger partial charge in [0.1, 0.15) is 0 Å². The van der Waals surface area contributed by atoms with Crippen molar-refractivity contribution in [1.29, 1.82) is 0 Å². The van der Waals surface area contributed by atoms with E-state index >= 15 is 0 Å². The number of nitrogens with zero attached hydrogens (tertiary/aromatic N) is 2. The summed E-state index contributed by atoms with van der Waals surface area (Å²) in [6, 6.07) is 2.11. The maximum atomic E-state index is 9.48. The lowest BCUT2D eigenvalue weighted by Gasteiger charge is -2.25. The molecule has 2 heterocycles. The Kier molecular flexibility index (Phi) is 4.81. The van der Waals surface area contributed by atoms with Crippen LogP contribution in [0.5, 0.6) is 0 Å². The fourth-order valence-electron chi connectivity index (χ4n) is 3.02. The van der Waals surface area contributed by atoms with Crippen molar-refractivity contribution in [2.75, 3.05) is 18.0 Å². The smallest absolute Gasteiger partial charge is 0.0717 e. The summed E-state index contributed by atoms with van der Waals surface area (Å²) < 4.78 is 0. The van der Waals surface area contributed by atoms with Crippen LogP contribution in [-0.4, -0.2) is 23.2 Å². The molecule has 1 aromatic rings. The molecule has 1 aliphatic heterocycles. The van der Waals surface area contributed by atoms with Crippen molar-refractivity contribution in [3.8, 4) is 0 Å². The fourth-order valence-corrected chi connectivity index (χ4v) is 3.02. The van der Waals surface area contributed by atoms with E-state index in [-0.39, 0.29) is 6.61 Å². The topological polar surface area (TPSA) is 36.4 Å². The van der Waals surface area contributed by atoms with Crippen molar-refractivity contribution in [2.45, 2.75) is 46.6 Å². The van der Waals surface area contributed by atoms with Crippen LogP contribution in [-0.2, 0) is 6.61 Å². The Morgan fingerprint density at radius 1 is 1.37 bits per heavy atom. The van der Waals surface area contributed by atoms with Crippen LogP contribution >= 0.6 is 0 Å². The molecule has 1 aliphatic rings. The highest BCUT2D eigenvalue weighted by Gasteiger charge is 2.21. The third-order valence-corrected chi connectivity index (χ3v) is 4.33. The molecule has 3 heteroatoms. The minimum atomic E-state index is 0.0761. The van der Waals surface area contributed by atoms with Gasteiger partial charge >= 0.3 is 0 Å². The van der Waals surface area contributed by atoms with Crippen LogP contribution in [0.3, 0.4) is 0 Å². The lowest BCUT2D eigenvalue weighted by molar-refractivity contribution is 0.281. The first-order valence-corrected chi connectivity index (χ1v) is 7.43. The number of hydrogen-bond acceptors (Lipinski definition) is 3. The van der Waals surface area contributed by atoms with Gasteiger partial charge < -0.3 is 10.0 Å². The van der Waals surface area contributed by atoms with E-state index in [1.165, 1.54) is 24.9 Å². The van der Waals surface area contributed by atoms with Crippen molar-refractivity contribution in [2.24, 2.45) is 11.8 Å². The van der Waals surface area contributed by atoms with Crippen LogP contribution < -0.4 is 4.90 Å². The van der Waals surface area contributed by atoms with E-state index in [0.717, 1.165) is 36.2 Å². The predicted molar refractivity (Wildman–Crippen MR) is 79.3 cm³/mol. The molecule has 0 aliphatic carbocycles. The Hall–Kier alpha value is -1.09. The average molecular weight is 262 g/mol. The highest BCUT2D eigenvalue weighted by atomic mass is 16.3. The van der Waals surface area contributed by atoms with E-state index in [0.29, 0.717) is 0 Å². The molecule has 0 radical (unpaired) electrons. The summed E-state index contributed by atoms with van der Waals surface area (Å²) >= 11 is 0. The average Bonchev–Trinajstić information content (AvgIpc) is 2.64. The van der Waals surface area contributed by atoms with Gasteiger partial charge in [-0.15, -0.1) is 0 Å². The monoisotopic (exact) mass is 262 g/mol. The molecule has 3 nitrogen and oxygen atoms in total. The molecule has 0 bridgehead atoms. The molecule has 106 valence electrons. The van der Waals surface area contributed by atoms with E-state index in [4.69, 9.17) is 0 Å². The van der Waals surface area contributed by atoms with Gasteiger partial charge in [-0.2, -0.15) is 0 Å². The first kappa shape index (κ1) is 14.3. The first-order chi connectivity index (χ1) is 9.11. The zero-order valence-electron chi connectivity index (χ0n) is 12.4. The number of pyridine rings is 1. The maximum Gasteiger partial charge on any atom is 0.0717 e. The number of aromatic nitrogens is 1. The quantitative estimate of drug-likeness (QED) is 0.909. The number of aliphatic hydroxyl groups excluding tert-OH is 1. The van der Waals surface area contributed by atoms with Crippen molar-refractivity contribution in [1.82, 2.24) is 4.98 Å². The molecular formula is C16H26N2O. The molecule has 1 aromatic heterocycles. The molecule has 1 N–H and O–H groups in total. The van der Waals surface area contributed by atoms with Crippen LogP contribution in [0.25, 0.3) is 0 Å². The molecule has 19 heavy (non-hydrogen) atoms. The van der Waals surface area contributed by atoms with E-state index in [9.17, 15) is 5.11 Å². The third kappa shape index (κ3) is 3.47. The van der Waals surface area contributed by atoms with Gasteiger partial charge in [-0.25, -0.2) is 0 Å².